The molecule has 3 rings (SSSR count). The topological polar surface area (TPSA) is 68.3 Å². The molecule has 0 unspecified atom stereocenters. The fourth-order valence-electron chi connectivity index (χ4n) is 3.20. The first-order valence-corrected chi connectivity index (χ1v) is 8.48. The lowest BCUT2D eigenvalue weighted by Gasteiger charge is -2.23. The van der Waals surface area contributed by atoms with Crippen LogP contribution in [0.4, 0.5) is 0 Å². The SMILES string of the molecule is COCCN1C[C@H](C(=O)N(C)Cc2ccc3c(c2)OCCO3)CC1=O. The first-order chi connectivity index (χ1) is 12.1. The van der Waals surface area contributed by atoms with Gasteiger partial charge in [-0.2, -0.15) is 0 Å². The molecule has 2 aliphatic heterocycles. The second-order valence-electron chi connectivity index (χ2n) is 6.41. The molecule has 0 bridgehead atoms. The van der Waals surface area contributed by atoms with E-state index in [4.69, 9.17) is 14.2 Å². The smallest absolute Gasteiger partial charge is 0.228 e. The average molecular weight is 348 g/mol. The van der Waals surface area contributed by atoms with Gasteiger partial charge in [-0.05, 0) is 17.7 Å². The van der Waals surface area contributed by atoms with E-state index in [0.717, 1.165) is 11.3 Å². The second-order valence-corrected chi connectivity index (χ2v) is 6.41. The van der Waals surface area contributed by atoms with Gasteiger partial charge in [0.15, 0.2) is 11.5 Å². The van der Waals surface area contributed by atoms with Crippen LogP contribution in [0.1, 0.15) is 12.0 Å². The number of carbonyl (C=O) groups excluding carboxylic acids is 2. The molecule has 2 aliphatic rings. The third kappa shape index (κ3) is 4.04. The van der Waals surface area contributed by atoms with Gasteiger partial charge in [0.2, 0.25) is 11.8 Å². The van der Waals surface area contributed by atoms with Crippen LogP contribution in [-0.2, 0) is 20.9 Å². The Balaban J connectivity index is 1.58. The average Bonchev–Trinajstić information content (AvgIpc) is 2.99. The number of nitrogens with zero attached hydrogens (tertiary/aromatic N) is 2. The molecule has 2 heterocycles. The minimum Gasteiger partial charge on any atom is -0.486 e. The largest absolute Gasteiger partial charge is 0.486 e. The first-order valence-electron chi connectivity index (χ1n) is 8.48. The van der Waals surface area contributed by atoms with Crippen LogP contribution in [-0.4, -0.2) is 68.7 Å². The van der Waals surface area contributed by atoms with Crippen molar-refractivity contribution in [1.82, 2.24) is 9.80 Å². The predicted octanol–water partition coefficient (Wildman–Crippen LogP) is 0.911. The van der Waals surface area contributed by atoms with Gasteiger partial charge in [0, 0.05) is 40.2 Å². The zero-order valence-corrected chi connectivity index (χ0v) is 14.7. The summed E-state index contributed by atoms with van der Waals surface area (Å²) in [7, 11) is 3.37. The summed E-state index contributed by atoms with van der Waals surface area (Å²) in [6.07, 6.45) is 0.272. The number of fused-ring (bicyclic) bond motifs is 1. The van der Waals surface area contributed by atoms with E-state index in [9.17, 15) is 9.59 Å². The summed E-state index contributed by atoms with van der Waals surface area (Å²) in [5, 5.41) is 0. The molecule has 2 amide bonds. The zero-order chi connectivity index (χ0) is 17.8. The van der Waals surface area contributed by atoms with Crippen molar-refractivity contribution >= 4 is 11.8 Å². The van der Waals surface area contributed by atoms with Crippen LogP contribution in [0, 0.1) is 5.92 Å². The van der Waals surface area contributed by atoms with Gasteiger partial charge in [-0.3, -0.25) is 9.59 Å². The van der Waals surface area contributed by atoms with Crippen LogP contribution < -0.4 is 9.47 Å². The lowest BCUT2D eigenvalue weighted by molar-refractivity contribution is -0.135. The zero-order valence-electron chi connectivity index (χ0n) is 14.7. The number of hydrogen-bond acceptors (Lipinski definition) is 5. The Kier molecular flexibility index (Phi) is 5.43. The maximum absolute atomic E-state index is 12.7. The minimum atomic E-state index is -0.286. The molecule has 0 spiro atoms. The summed E-state index contributed by atoms with van der Waals surface area (Å²) in [6, 6.07) is 5.71. The van der Waals surface area contributed by atoms with Crippen LogP contribution in [0.2, 0.25) is 0 Å². The van der Waals surface area contributed by atoms with Crippen molar-refractivity contribution in [3.63, 3.8) is 0 Å². The number of benzene rings is 1. The number of amides is 2. The van der Waals surface area contributed by atoms with Gasteiger partial charge < -0.3 is 24.0 Å². The van der Waals surface area contributed by atoms with Crippen molar-refractivity contribution in [3.05, 3.63) is 23.8 Å². The molecule has 0 aromatic heterocycles. The Morgan fingerprint density at radius 2 is 2.08 bits per heavy atom. The quantitative estimate of drug-likeness (QED) is 0.764. The van der Waals surface area contributed by atoms with Gasteiger partial charge >= 0.3 is 0 Å². The van der Waals surface area contributed by atoms with Gasteiger partial charge in [0.25, 0.3) is 0 Å². The number of methoxy groups -OCH3 is 1. The van der Waals surface area contributed by atoms with E-state index in [2.05, 4.69) is 0 Å². The number of likely N-dealkylation sites (tertiary alicyclic amines) is 1. The Bertz CT molecular complexity index is 648. The highest BCUT2D eigenvalue weighted by Crippen LogP contribution is 2.31. The molecule has 1 aromatic rings. The second kappa shape index (κ2) is 7.74. The van der Waals surface area contributed by atoms with Crippen molar-refractivity contribution in [3.8, 4) is 11.5 Å². The van der Waals surface area contributed by atoms with Crippen molar-refractivity contribution in [2.45, 2.75) is 13.0 Å². The Hall–Kier alpha value is -2.28. The van der Waals surface area contributed by atoms with E-state index in [1.807, 2.05) is 18.2 Å². The van der Waals surface area contributed by atoms with Crippen molar-refractivity contribution in [2.75, 3.05) is 47.1 Å². The highest BCUT2D eigenvalue weighted by atomic mass is 16.6. The lowest BCUT2D eigenvalue weighted by atomic mass is 10.1. The van der Waals surface area contributed by atoms with E-state index in [1.54, 1.807) is 24.0 Å². The summed E-state index contributed by atoms with van der Waals surface area (Å²) < 4.78 is 16.1. The van der Waals surface area contributed by atoms with Crippen LogP contribution >= 0.6 is 0 Å². The van der Waals surface area contributed by atoms with Crippen molar-refractivity contribution in [2.24, 2.45) is 5.92 Å². The molecule has 0 saturated carbocycles. The molecule has 1 saturated heterocycles. The molecule has 7 heteroatoms. The maximum atomic E-state index is 12.7. The van der Waals surface area contributed by atoms with Crippen molar-refractivity contribution in [1.29, 1.82) is 0 Å². The highest BCUT2D eigenvalue weighted by molar-refractivity contribution is 5.89. The number of ether oxygens (including phenoxy) is 3. The van der Waals surface area contributed by atoms with Gasteiger partial charge in [-0.1, -0.05) is 6.07 Å². The van der Waals surface area contributed by atoms with Crippen molar-refractivity contribution < 1.29 is 23.8 Å². The molecule has 1 atom stereocenters. The highest BCUT2D eigenvalue weighted by Gasteiger charge is 2.35. The van der Waals surface area contributed by atoms with E-state index in [-0.39, 0.29) is 24.2 Å². The molecule has 25 heavy (non-hydrogen) atoms. The summed E-state index contributed by atoms with van der Waals surface area (Å²) in [6.45, 7) is 3.04. The van der Waals surface area contributed by atoms with Gasteiger partial charge in [0.1, 0.15) is 13.2 Å². The van der Waals surface area contributed by atoms with E-state index >= 15 is 0 Å². The summed E-state index contributed by atoms with van der Waals surface area (Å²) >= 11 is 0. The molecule has 1 fully saturated rings. The minimum absolute atomic E-state index is 0.0110. The van der Waals surface area contributed by atoms with Gasteiger partial charge in [0.05, 0.1) is 12.5 Å². The predicted molar refractivity (Wildman–Crippen MR) is 90.5 cm³/mol. The Labute approximate surface area is 147 Å². The van der Waals surface area contributed by atoms with Crippen LogP contribution in [0.5, 0.6) is 11.5 Å². The molecular weight excluding hydrogens is 324 g/mol. The van der Waals surface area contributed by atoms with Crippen LogP contribution in [0.25, 0.3) is 0 Å². The van der Waals surface area contributed by atoms with E-state index in [0.29, 0.717) is 45.2 Å². The monoisotopic (exact) mass is 348 g/mol. The Morgan fingerprint density at radius 1 is 1.32 bits per heavy atom. The molecule has 1 aromatic carbocycles. The van der Waals surface area contributed by atoms with Gasteiger partial charge in [-0.25, -0.2) is 0 Å². The lowest BCUT2D eigenvalue weighted by Crippen LogP contribution is -2.35. The summed E-state index contributed by atoms with van der Waals surface area (Å²) in [5.74, 6) is 1.17. The van der Waals surface area contributed by atoms with Crippen LogP contribution in [0.3, 0.4) is 0 Å². The molecule has 0 aliphatic carbocycles. The summed E-state index contributed by atoms with van der Waals surface area (Å²) in [5.41, 5.74) is 0.973. The Morgan fingerprint density at radius 3 is 2.84 bits per heavy atom. The third-order valence-electron chi connectivity index (χ3n) is 4.53. The molecular formula is C18H24N2O5. The standard InChI is InChI=1S/C18H24N2O5/c1-19(11-13-3-4-15-16(9-13)25-8-7-24-15)18(22)14-10-17(21)20(12-14)5-6-23-2/h3-4,9,14H,5-8,10-12H2,1-2H3/t14-/m1/s1. The first kappa shape index (κ1) is 17.5. The van der Waals surface area contributed by atoms with E-state index in [1.165, 1.54) is 0 Å². The number of hydrogen-bond donors (Lipinski definition) is 0. The summed E-state index contributed by atoms with van der Waals surface area (Å²) in [4.78, 5) is 28.0. The third-order valence-corrected chi connectivity index (χ3v) is 4.53. The normalized spacial score (nSPS) is 19.2. The maximum Gasteiger partial charge on any atom is 0.228 e. The molecule has 136 valence electrons. The molecule has 7 nitrogen and oxygen atoms in total. The number of rotatable bonds is 6. The van der Waals surface area contributed by atoms with Crippen LogP contribution in [0.15, 0.2) is 18.2 Å². The fraction of sp³-hybridized carbons (Fsp3) is 0.556. The van der Waals surface area contributed by atoms with E-state index < -0.39 is 0 Å². The molecule has 0 N–H and O–H groups in total. The molecule has 0 radical (unpaired) electrons. The van der Waals surface area contributed by atoms with Gasteiger partial charge in [-0.15, -0.1) is 0 Å². The fourth-order valence-corrected chi connectivity index (χ4v) is 3.20. The number of carbonyl (C=O) groups is 2.